The van der Waals surface area contributed by atoms with Gasteiger partial charge >= 0.3 is 0 Å². The molecule has 2 unspecified atom stereocenters. The van der Waals surface area contributed by atoms with Crippen LogP contribution in [0.3, 0.4) is 0 Å². The highest BCUT2D eigenvalue weighted by Gasteiger charge is 2.33. The fourth-order valence-corrected chi connectivity index (χ4v) is 3.88. The number of fused-ring (bicyclic) bond motifs is 1. The molecule has 1 aromatic rings. The smallest absolute Gasteiger partial charge is 0.180 e. The Kier molecular flexibility index (Phi) is 3.54. The molecule has 0 fully saturated rings. The Morgan fingerprint density at radius 1 is 1.41 bits per heavy atom. The van der Waals surface area contributed by atoms with Crippen molar-refractivity contribution in [1.29, 1.82) is 0 Å². The molecule has 0 bridgehead atoms. The van der Waals surface area contributed by atoms with Crippen LogP contribution in [0, 0.1) is 5.92 Å². The molecule has 0 amide bonds. The molecule has 0 aliphatic carbocycles. The average Bonchev–Trinajstić information content (AvgIpc) is 2.59. The summed E-state index contributed by atoms with van der Waals surface area (Å²) in [5.74, 6) is 0.772. The Hall–Kier alpha value is -0.870. The Bertz CT molecular complexity index is 496. The Balaban J connectivity index is 2.18. The van der Waals surface area contributed by atoms with Crippen LogP contribution in [-0.2, 0) is 9.84 Å². The lowest BCUT2D eigenvalue weighted by molar-refractivity contribution is 0.463. The van der Waals surface area contributed by atoms with E-state index in [1.807, 2.05) is 12.1 Å². The summed E-state index contributed by atoms with van der Waals surface area (Å²) in [6.07, 6.45) is 1.11. The molecule has 4 heteroatoms. The molecule has 17 heavy (non-hydrogen) atoms. The lowest BCUT2D eigenvalue weighted by atomic mass is 10.1. The molecule has 1 N–H and O–H groups in total. The zero-order chi connectivity index (χ0) is 12.5. The highest BCUT2D eigenvalue weighted by Crippen LogP contribution is 2.32. The largest absolute Gasteiger partial charge is 0.309 e. The molecule has 1 heterocycles. The van der Waals surface area contributed by atoms with Gasteiger partial charge in [0.2, 0.25) is 0 Å². The van der Waals surface area contributed by atoms with E-state index in [1.54, 1.807) is 12.1 Å². The van der Waals surface area contributed by atoms with Crippen LogP contribution in [0.2, 0.25) is 0 Å². The van der Waals surface area contributed by atoms with Crippen LogP contribution >= 0.6 is 0 Å². The first kappa shape index (κ1) is 12.6. The van der Waals surface area contributed by atoms with Gasteiger partial charge in [-0.05, 0) is 24.1 Å². The van der Waals surface area contributed by atoms with E-state index >= 15 is 0 Å². The van der Waals surface area contributed by atoms with Crippen LogP contribution in [0.25, 0.3) is 0 Å². The third-order valence-corrected chi connectivity index (χ3v) is 5.24. The molecule has 94 valence electrons. The summed E-state index contributed by atoms with van der Waals surface area (Å²) in [7, 11) is -3.07. The number of hydrogen-bond donors (Lipinski definition) is 1. The molecular formula is C13H19NO2S. The van der Waals surface area contributed by atoms with Crippen molar-refractivity contribution < 1.29 is 8.42 Å². The van der Waals surface area contributed by atoms with E-state index in [2.05, 4.69) is 19.2 Å². The number of nitrogens with one attached hydrogen (secondary N) is 1. The first-order chi connectivity index (χ1) is 8.04. The molecular weight excluding hydrogens is 234 g/mol. The fraction of sp³-hybridized carbons (Fsp3) is 0.538. The summed E-state index contributed by atoms with van der Waals surface area (Å²) in [5.41, 5.74) is 0.927. The van der Waals surface area contributed by atoms with Gasteiger partial charge in [-0.15, -0.1) is 0 Å². The minimum absolute atomic E-state index is 0.0369. The monoisotopic (exact) mass is 253 g/mol. The summed E-state index contributed by atoms with van der Waals surface area (Å²) in [4.78, 5) is 0.502. The second kappa shape index (κ2) is 4.78. The first-order valence-corrected chi connectivity index (χ1v) is 7.75. The predicted molar refractivity (Wildman–Crippen MR) is 68.7 cm³/mol. The van der Waals surface area contributed by atoms with Crippen molar-refractivity contribution >= 4 is 9.84 Å². The zero-order valence-electron chi connectivity index (χ0n) is 10.3. The maximum atomic E-state index is 11.9. The van der Waals surface area contributed by atoms with Gasteiger partial charge in [-0.25, -0.2) is 8.42 Å². The normalized spacial score (nSPS) is 23.3. The average molecular weight is 253 g/mol. The van der Waals surface area contributed by atoms with Crippen LogP contribution in [0.4, 0.5) is 0 Å². The fourth-order valence-electron chi connectivity index (χ4n) is 2.11. The molecule has 2 atom stereocenters. The van der Waals surface area contributed by atoms with Gasteiger partial charge in [0.05, 0.1) is 10.6 Å². The third kappa shape index (κ3) is 2.53. The van der Waals surface area contributed by atoms with E-state index in [9.17, 15) is 8.42 Å². The quantitative estimate of drug-likeness (QED) is 0.894. The molecule has 2 rings (SSSR count). The maximum Gasteiger partial charge on any atom is 0.180 e. The Morgan fingerprint density at radius 3 is 2.82 bits per heavy atom. The SMILES string of the molecule is CCC(C)CNC1CS(=O)(=O)c2ccccc21. The van der Waals surface area contributed by atoms with Gasteiger partial charge in [-0.2, -0.15) is 0 Å². The first-order valence-electron chi connectivity index (χ1n) is 6.09. The van der Waals surface area contributed by atoms with Gasteiger partial charge in [0, 0.05) is 6.04 Å². The van der Waals surface area contributed by atoms with Crippen molar-refractivity contribution in [1.82, 2.24) is 5.32 Å². The summed E-state index contributed by atoms with van der Waals surface area (Å²) in [5, 5.41) is 3.36. The van der Waals surface area contributed by atoms with Crippen LogP contribution in [0.15, 0.2) is 29.2 Å². The van der Waals surface area contributed by atoms with Crippen LogP contribution in [0.1, 0.15) is 31.9 Å². The number of hydrogen-bond acceptors (Lipinski definition) is 3. The molecule has 0 spiro atoms. The molecule has 0 saturated heterocycles. The van der Waals surface area contributed by atoms with Crippen molar-refractivity contribution in [2.45, 2.75) is 31.2 Å². The number of sulfone groups is 1. The van der Waals surface area contributed by atoms with E-state index in [0.717, 1.165) is 18.5 Å². The summed E-state index contributed by atoms with van der Waals surface area (Å²) < 4.78 is 23.9. The highest BCUT2D eigenvalue weighted by molar-refractivity contribution is 7.91. The molecule has 0 saturated carbocycles. The summed E-state index contributed by atoms with van der Waals surface area (Å²) in [6, 6.07) is 7.26. The van der Waals surface area contributed by atoms with Gasteiger partial charge in [0.15, 0.2) is 9.84 Å². The van der Waals surface area contributed by atoms with Gasteiger partial charge in [0.1, 0.15) is 0 Å². The van der Waals surface area contributed by atoms with E-state index < -0.39 is 9.84 Å². The second-order valence-electron chi connectivity index (χ2n) is 4.79. The Labute approximate surface area is 103 Å². The molecule has 1 aromatic carbocycles. The lowest BCUT2D eigenvalue weighted by Gasteiger charge is -2.15. The van der Waals surface area contributed by atoms with Crippen molar-refractivity contribution in [3.05, 3.63) is 29.8 Å². The van der Waals surface area contributed by atoms with Crippen molar-refractivity contribution in [2.75, 3.05) is 12.3 Å². The van der Waals surface area contributed by atoms with Gasteiger partial charge in [-0.3, -0.25) is 0 Å². The summed E-state index contributed by atoms with van der Waals surface area (Å²) >= 11 is 0. The molecule has 1 aliphatic rings. The molecule has 0 aromatic heterocycles. The zero-order valence-corrected chi connectivity index (χ0v) is 11.1. The van der Waals surface area contributed by atoms with E-state index in [-0.39, 0.29) is 11.8 Å². The lowest BCUT2D eigenvalue weighted by Crippen LogP contribution is -2.27. The van der Waals surface area contributed by atoms with Crippen molar-refractivity contribution in [2.24, 2.45) is 5.92 Å². The Morgan fingerprint density at radius 2 is 2.12 bits per heavy atom. The molecule has 3 nitrogen and oxygen atoms in total. The van der Waals surface area contributed by atoms with Gasteiger partial charge in [0.25, 0.3) is 0 Å². The minimum Gasteiger partial charge on any atom is -0.309 e. The third-order valence-electron chi connectivity index (χ3n) is 3.43. The second-order valence-corrected chi connectivity index (χ2v) is 6.80. The van der Waals surface area contributed by atoms with E-state index in [4.69, 9.17) is 0 Å². The highest BCUT2D eigenvalue weighted by atomic mass is 32.2. The van der Waals surface area contributed by atoms with E-state index in [1.165, 1.54) is 0 Å². The number of benzene rings is 1. The number of rotatable bonds is 4. The standard InChI is InChI=1S/C13H19NO2S/c1-3-10(2)8-14-12-9-17(15,16)13-7-5-4-6-11(12)13/h4-7,10,12,14H,3,8-9H2,1-2H3. The van der Waals surface area contributed by atoms with Gasteiger partial charge < -0.3 is 5.32 Å². The summed E-state index contributed by atoms with van der Waals surface area (Å²) in [6.45, 7) is 5.18. The minimum atomic E-state index is -3.07. The predicted octanol–water partition coefficient (Wildman–Crippen LogP) is 2.15. The van der Waals surface area contributed by atoms with Crippen LogP contribution in [0.5, 0.6) is 0 Å². The van der Waals surface area contributed by atoms with Crippen LogP contribution in [-0.4, -0.2) is 20.7 Å². The molecule has 1 aliphatic heterocycles. The maximum absolute atomic E-state index is 11.9. The molecule has 0 radical (unpaired) electrons. The topological polar surface area (TPSA) is 46.2 Å². The van der Waals surface area contributed by atoms with Crippen molar-refractivity contribution in [3.8, 4) is 0 Å². The van der Waals surface area contributed by atoms with Gasteiger partial charge in [-0.1, -0.05) is 38.5 Å². The van der Waals surface area contributed by atoms with Crippen LogP contribution < -0.4 is 5.32 Å². The van der Waals surface area contributed by atoms with Crippen molar-refractivity contribution in [3.63, 3.8) is 0 Å². The van der Waals surface area contributed by atoms with E-state index in [0.29, 0.717) is 10.8 Å².